The lowest BCUT2D eigenvalue weighted by molar-refractivity contribution is -0.141. The fourth-order valence-corrected chi connectivity index (χ4v) is 3.82. The number of carbonyl (C=O) groups is 4. The number of hydrogen-bond donors (Lipinski definition) is 1. The number of imide groups is 1. The molecule has 35 heavy (non-hydrogen) atoms. The molecule has 1 aliphatic rings. The van der Waals surface area contributed by atoms with Gasteiger partial charge in [0, 0.05) is 25.8 Å². The first-order valence-electron chi connectivity index (χ1n) is 10.9. The van der Waals surface area contributed by atoms with Gasteiger partial charge in [-0.25, -0.2) is 0 Å². The number of nitrogens with one attached hydrogen (secondary N) is 1. The molecular weight excluding hydrogens is 456 g/mol. The van der Waals surface area contributed by atoms with Crippen LogP contribution in [0, 0.1) is 0 Å². The van der Waals surface area contributed by atoms with Crippen LogP contribution < -0.4 is 14.8 Å². The number of carbonyl (C=O) groups excluding carboxylic acids is 4. The summed E-state index contributed by atoms with van der Waals surface area (Å²) in [6, 6.07) is 8.63. The molecule has 0 bridgehead atoms. The second-order valence-corrected chi connectivity index (χ2v) is 7.79. The summed E-state index contributed by atoms with van der Waals surface area (Å²) < 4.78 is 20.4. The Labute approximate surface area is 203 Å². The predicted octanol–water partition coefficient (Wildman–Crippen LogP) is 2.37. The van der Waals surface area contributed by atoms with Gasteiger partial charge in [0.1, 0.15) is 0 Å². The number of amides is 3. The van der Waals surface area contributed by atoms with Gasteiger partial charge >= 0.3 is 5.97 Å². The topological polar surface area (TPSA) is 120 Å². The van der Waals surface area contributed by atoms with Crippen molar-refractivity contribution in [2.45, 2.75) is 18.9 Å². The minimum Gasteiger partial charge on any atom is -0.493 e. The molecule has 3 amide bonds. The summed E-state index contributed by atoms with van der Waals surface area (Å²) in [4.78, 5) is 51.7. The Morgan fingerprint density at radius 2 is 1.63 bits per heavy atom. The lowest BCUT2D eigenvalue weighted by Crippen LogP contribution is -2.31. The number of nitrogens with zero attached hydrogens (tertiary/aromatic N) is 1. The van der Waals surface area contributed by atoms with Gasteiger partial charge in [-0.3, -0.25) is 24.1 Å². The summed E-state index contributed by atoms with van der Waals surface area (Å²) in [6.45, 7) is 0.640. The first-order valence-corrected chi connectivity index (χ1v) is 10.9. The third kappa shape index (κ3) is 5.60. The molecular formula is C25H28N2O8. The average molecular weight is 485 g/mol. The molecule has 10 nitrogen and oxygen atoms in total. The van der Waals surface area contributed by atoms with Crippen LogP contribution in [0.15, 0.2) is 36.4 Å². The van der Waals surface area contributed by atoms with E-state index in [1.807, 2.05) is 0 Å². The van der Waals surface area contributed by atoms with Crippen LogP contribution in [0.4, 0.5) is 0 Å². The summed E-state index contributed by atoms with van der Waals surface area (Å²) in [6.07, 6.45) is 0.378. The first-order chi connectivity index (χ1) is 16.8. The van der Waals surface area contributed by atoms with E-state index in [4.69, 9.17) is 18.9 Å². The molecule has 3 rings (SSSR count). The molecule has 2 aromatic carbocycles. The Balaban J connectivity index is 1.85. The summed E-state index contributed by atoms with van der Waals surface area (Å²) in [5.41, 5.74) is 1.18. The fourth-order valence-electron chi connectivity index (χ4n) is 3.82. The van der Waals surface area contributed by atoms with Crippen LogP contribution in [0.25, 0.3) is 0 Å². The molecule has 0 aromatic heterocycles. The molecule has 1 aliphatic heterocycles. The molecule has 0 spiro atoms. The molecule has 0 fully saturated rings. The molecule has 1 N–H and O–H groups in total. The van der Waals surface area contributed by atoms with Crippen molar-refractivity contribution in [1.29, 1.82) is 0 Å². The van der Waals surface area contributed by atoms with E-state index in [1.165, 1.54) is 39.5 Å². The highest BCUT2D eigenvalue weighted by Crippen LogP contribution is 2.31. The quantitative estimate of drug-likeness (QED) is 0.293. The summed E-state index contributed by atoms with van der Waals surface area (Å²) >= 11 is 0. The van der Waals surface area contributed by atoms with Crippen molar-refractivity contribution in [2.75, 3.05) is 41.6 Å². The monoisotopic (exact) mass is 484 g/mol. The molecule has 0 radical (unpaired) electrons. The second kappa shape index (κ2) is 11.5. The van der Waals surface area contributed by atoms with Gasteiger partial charge in [-0.2, -0.15) is 0 Å². The Morgan fingerprint density at radius 1 is 0.914 bits per heavy atom. The summed E-state index contributed by atoms with van der Waals surface area (Å²) in [7, 11) is 5.79. The third-order valence-electron chi connectivity index (χ3n) is 5.68. The molecule has 2 aromatic rings. The van der Waals surface area contributed by atoms with Gasteiger partial charge in [0.25, 0.3) is 17.7 Å². The van der Waals surface area contributed by atoms with Crippen LogP contribution in [-0.2, 0) is 14.3 Å². The largest absolute Gasteiger partial charge is 0.493 e. The minimum absolute atomic E-state index is 0.132. The summed E-state index contributed by atoms with van der Waals surface area (Å²) in [5, 5.41) is 2.81. The minimum atomic E-state index is -0.745. The van der Waals surface area contributed by atoms with Crippen LogP contribution in [-0.4, -0.2) is 70.2 Å². The third-order valence-corrected chi connectivity index (χ3v) is 5.68. The highest BCUT2D eigenvalue weighted by Gasteiger charge is 2.35. The van der Waals surface area contributed by atoms with Crippen LogP contribution >= 0.6 is 0 Å². The SMILES string of the molecule is COCCCN1C(=O)c2ccc(C(=O)NC(CC(=O)OC)c3ccc(OC)c(OC)c3)cc2C1=O. The molecule has 0 saturated carbocycles. The van der Waals surface area contributed by atoms with Crippen LogP contribution in [0.1, 0.15) is 55.5 Å². The normalized spacial score (nSPS) is 13.3. The van der Waals surface area contributed by atoms with Gasteiger partial charge in [0.2, 0.25) is 0 Å². The molecule has 186 valence electrons. The van der Waals surface area contributed by atoms with Crippen LogP contribution in [0.2, 0.25) is 0 Å². The van der Waals surface area contributed by atoms with Gasteiger partial charge < -0.3 is 24.3 Å². The Bertz CT molecular complexity index is 1130. The van der Waals surface area contributed by atoms with E-state index in [2.05, 4.69) is 5.32 Å². The van der Waals surface area contributed by atoms with Gasteiger partial charge in [0.15, 0.2) is 11.5 Å². The van der Waals surface area contributed by atoms with Gasteiger partial charge in [-0.1, -0.05) is 6.07 Å². The maximum Gasteiger partial charge on any atom is 0.307 e. The van der Waals surface area contributed by atoms with Gasteiger partial charge in [0.05, 0.1) is 44.9 Å². The Hall–Kier alpha value is -3.92. The van der Waals surface area contributed by atoms with Gasteiger partial charge in [-0.15, -0.1) is 0 Å². The van der Waals surface area contributed by atoms with E-state index in [9.17, 15) is 19.2 Å². The standard InChI is InChI=1S/C25H28N2O8/c1-32-11-5-10-27-24(30)17-8-6-16(12-18(17)25(27)31)23(29)26-19(14-22(28)35-4)15-7-9-20(33-2)21(13-15)34-3/h6-9,12-13,19H,5,10-11,14H2,1-4H3,(H,26,29). The molecule has 0 saturated heterocycles. The maximum absolute atomic E-state index is 13.1. The number of benzene rings is 2. The van der Waals surface area contributed by atoms with Crippen molar-refractivity contribution in [1.82, 2.24) is 10.2 Å². The zero-order valence-electron chi connectivity index (χ0n) is 20.1. The molecule has 1 heterocycles. The fraction of sp³-hybridized carbons (Fsp3) is 0.360. The smallest absolute Gasteiger partial charge is 0.307 e. The number of methoxy groups -OCH3 is 4. The molecule has 0 aliphatic carbocycles. The first kappa shape index (κ1) is 25.7. The van der Waals surface area contributed by atoms with E-state index in [0.29, 0.717) is 30.1 Å². The Kier molecular flexibility index (Phi) is 8.43. The van der Waals surface area contributed by atoms with Gasteiger partial charge in [-0.05, 0) is 42.3 Å². The number of ether oxygens (including phenoxy) is 4. The van der Waals surface area contributed by atoms with Crippen LogP contribution in [0.3, 0.4) is 0 Å². The zero-order valence-corrected chi connectivity index (χ0v) is 20.1. The maximum atomic E-state index is 13.1. The van der Waals surface area contributed by atoms with E-state index in [0.717, 1.165) is 4.90 Å². The second-order valence-electron chi connectivity index (χ2n) is 7.79. The zero-order chi connectivity index (χ0) is 25.5. The summed E-state index contributed by atoms with van der Waals surface area (Å²) in [5.74, 6) is -0.967. The van der Waals surface area contributed by atoms with E-state index < -0.39 is 29.7 Å². The molecule has 1 atom stereocenters. The van der Waals surface area contributed by atoms with Crippen molar-refractivity contribution in [3.8, 4) is 11.5 Å². The number of rotatable bonds is 11. The van der Waals surface area contributed by atoms with Crippen molar-refractivity contribution in [3.05, 3.63) is 58.7 Å². The van der Waals surface area contributed by atoms with E-state index in [-0.39, 0.29) is 29.7 Å². The lowest BCUT2D eigenvalue weighted by atomic mass is 10.0. The highest BCUT2D eigenvalue weighted by molar-refractivity contribution is 6.22. The number of fused-ring (bicyclic) bond motifs is 1. The van der Waals surface area contributed by atoms with Crippen molar-refractivity contribution in [3.63, 3.8) is 0 Å². The van der Waals surface area contributed by atoms with Crippen molar-refractivity contribution < 1.29 is 38.1 Å². The molecule has 1 unspecified atom stereocenters. The number of hydrogen-bond acceptors (Lipinski definition) is 8. The number of esters is 1. The van der Waals surface area contributed by atoms with E-state index >= 15 is 0 Å². The molecule has 10 heteroatoms. The Morgan fingerprint density at radius 3 is 2.29 bits per heavy atom. The predicted molar refractivity (Wildman–Crippen MR) is 125 cm³/mol. The van der Waals surface area contributed by atoms with Crippen LogP contribution in [0.5, 0.6) is 11.5 Å². The van der Waals surface area contributed by atoms with E-state index in [1.54, 1.807) is 25.3 Å². The lowest BCUT2D eigenvalue weighted by Gasteiger charge is -2.20. The van der Waals surface area contributed by atoms with Crippen molar-refractivity contribution in [2.24, 2.45) is 0 Å². The average Bonchev–Trinajstić information content (AvgIpc) is 3.11. The van der Waals surface area contributed by atoms with Crippen molar-refractivity contribution >= 4 is 23.7 Å². The highest BCUT2D eigenvalue weighted by atomic mass is 16.5.